The maximum absolute atomic E-state index is 12.6. The molecule has 0 radical (unpaired) electrons. The van der Waals surface area contributed by atoms with E-state index in [-0.39, 0.29) is 53.7 Å². The molecule has 0 amide bonds. The first kappa shape index (κ1) is 23.8. The Kier molecular flexibility index (Phi) is 6.40. The van der Waals surface area contributed by atoms with E-state index < -0.39 is 16.5 Å². The third kappa shape index (κ3) is 4.25. The van der Waals surface area contributed by atoms with Gasteiger partial charge in [0.25, 0.3) is 5.09 Å². The Morgan fingerprint density at radius 1 is 1.22 bits per heavy atom. The molecule has 1 aromatic carbocycles. The molecule has 0 heterocycles. The minimum Gasteiger partial charge on any atom is -0.508 e. The van der Waals surface area contributed by atoms with Crippen molar-refractivity contribution in [2.75, 3.05) is 13.2 Å². The predicted molar refractivity (Wildman–Crippen MR) is 114 cm³/mol. The van der Waals surface area contributed by atoms with Gasteiger partial charge in [-0.05, 0) is 62.1 Å². The Balaban J connectivity index is 1.70. The first-order chi connectivity index (χ1) is 14.9. The summed E-state index contributed by atoms with van der Waals surface area (Å²) >= 11 is 0. The second-order valence-electron chi connectivity index (χ2n) is 9.95. The molecule has 3 aliphatic rings. The first-order valence-electron chi connectivity index (χ1n) is 10.9. The van der Waals surface area contributed by atoms with Gasteiger partial charge in [0, 0.05) is 23.8 Å². The summed E-state index contributed by atoms with van der Waals surface area (Å²) in [5.41, 5.74) is -0.543. The van der Waals surface area contributed by atoms with Gasteiger partial charge in [0.05, 0.1) is 18.6 Å². The highest BCUT2D eigenvalue weighted by Gasteiger charge is 2.59. The van der Waals surface area contributed by atoms with E-state index in [4.69, 9.17) is 4.74 Å². The zero-order valence-corrected chi connectivity index (χ0v) is 18.9. The number of carbonyl (C=O) groups is 2. The maximum atomic E-state index is 12.6. The number of hydrogen-bond donors (Lipinski definition) is 2. The fourth-order valence-corrected chi connectivity index (χ4v) is 5.16. The Bertz CT molecular complexity index is 900. The summed E-state index contributed by atoms with van der Waals surface area (Å²) in [6.07, 6.45) is 1.83. The van der Waals surface area contributed by atoms with E-state index in [0.29, 0.717) is 30.4 Å². The summed E-state index contributed by atoms with van der Waals surface area (Å²) in [4.78, 5) is 39.5. The molecule has 2 N–H and O–H groups in total. The zero-order chi connectivity index (χ0) is 23.8. The average molecular weight is 450 g/mol. The molecule has 3 saturated carbocycles. The summed E-state index contributed by atoms with van der Waals surface area (Å²) in [7, 11) is 0. The van der Waals surface area contributed by atoms with Crippen molar-refractivity contribution in [3.05, 3.63) is 33.4 Å². The number of aromatic hydroxyl groups is 2. The van der Waals surface area contributed by atoms with Crippen LogP contribution in [0.5, 0.6) is 11.5 Å². The average Bonchev–Trinajstić information content (AvgIpc) is 2.68. The molecule has 0 aromatic heterocycles. The number of carbonyl (C=O) groups excluding carboxylic acids is 2. The lowest BCUT2D eigenvalue weighted by atomic mass is 9.44. The summed E-state index contributed by atoms with van der Waals surface area (Å²) in [6.45, 7) is 7.37. The number of hydrogen-bond acceptors (Lipinski definition) is 8. The molecule has 3 fully saturated rings. The standard InChI is InChI=1S/C23H31NO8/c1-22(2,21(28)31-7-5-6-8-32-24(29)30)13-9-18(26)20(19(27)10-13)14-11-17(25)16-12-15(14)23(16,3)4/h9-10,14-16,26-27H,5-8,11-12H2,1-4H3/t14-,15+,16+/m1/s1. The molecule has 3 aliphatic carbocycles. The van der Waals surface area contributed by atoms with Crippen LogP contribution in [-0.4, -0.2) is 40.3 Å². The van der Waals surface area contributed by atoms with Crippen LogP contribution in [0.2, 0.25) is 0 Å². The Morgan fingerprint density at radius 3 is 2.34 bits per heavy atom. The molecular weight excluding hydrogens is 418 g/mol. The van der Waals surface area contributed by atoms with Crippen LogP contribution in [0, 0.1) is 27.4 Å². The number of esters is 1. The Hall–Kier alpha value is -2.84. The van der Waals surface area contributed by atoms with Crippen molar-refractivity contribution in [2.24, 2.45) is 17.3 Å². The molecule has 4 rings (SSSR count). The van der Waals surface area contributed by atoms with E-state index in [2.05, 4.69) is 18.7 Å². The van der Waals surface area contributed by atoms with Crippen molar-refractivity contribution in [1.82, 2.24) is 0 Å². The van der Waals surface area contributed by atoms with Crippen LogP contribution >= 0.6 is 0 Å². The number of unbranched alkanes of at least 4 members (excludes halogenated alkanes) is 1. The quantitative estimate of drug-likeness (QED) is 0.252. The molecule has 1 aromatic rings. The van der Waals surface area contributed by atoms with Crippen LogP contribution in [0.25, 0.3) is 0 Å². The maximum Gasteiger partial charge on any atom is 0.315 e. The molecule has 0 unspecified atom stereocenters. The van der Waals surface area contributed by atoms with Gasteiger partial charge >= 0.3 is 5.97 Å². The number of ether oxygens (including phenoxy) is 1. The number of nitrogens with zero attached hydrogens (tertiary/aromatic N) is 1. The fraction of sp³-hybridized carbons (Fsp3) is 0.652. The van der Waals surface area contributed by atoms with E-state index in [1.807, 2.05) is 0 Å². The SMILES string of the molecule is CC(C)(C(=O)OCCCCO[N+](=O)[O-])c1cc(O)c([C@@H]2CC(=O)[C@@H]3C[C@@H]2C3(C)C)c(O)c1. The van der Waals surface area contributed by atoms with Crippen LogP contribution in [-0.2, 0) is 24.6 Å². The molecule has 32 heavy (non-hydrogen) atoms. The fourth-order valence-electron chi connectivity index (χ4n) is 5.16. The Morgan fingerprint density at radius 2 is 1.81 bits per heavy atom. The summed E-state index contributed by atoms with van der Waals surface area (Å²) in [6, 6.07) is 2.92. The molecule has 9 heteroatoms. The van der Waals surface area contributed by atoms with Gasteiger partial charge in [-0.25, -0.2) is 0 Å². The van der Waals surface area contributed by atoms with Crippen LogP contribution in [0.15, 0.2) is 12.1 Å². The van der Waals surface area contributed by atoms with E-state index in [0.717, 1.165) is 6.42 Å². The van der Waals surface area contributed by atoms with Crippen molar-refractivity contribution in [3.63, 3.8) is 0 Å². The third-order valence-electron chi connectivity index (χ3n) is 7.35. The summed E-state index contributed by atoms with van der Waals surface area (Å²) < 4.78 is 5.29. The van der Waals surface area contributed by atoms with Gasteiger partial charge in [0.15, 0.2) is 0 Å². The second kappa shape index (κ2) is 8.60. The van der Waals surface area contributed by atoms with Crippen molar-refractivity contribution in [1.29, 1.82) is 0 Å². The molecule has 176 valence electrons. The van der Waals surface area contributed by atoms with Crippen LogP contribution in [0.4, 0.5) is 0 Å². The molecule has 3 atom stereocenters. The lowest BCUT2D eigenvalue weighted by molar-refractivity contribution is -0.757. The molecule has 0 spiro atoms. The summed E-state index contributed by atoms with van der Waals surface area (Å²) in [5, 5.41) is 30.8. The number of fused-ring (bicyclic) bond motifs is 2. The number of phenols is 2. The molecule has 0 aliphatic heterocycles. The lowest BCUT2D eigenvalue weighted by Gasteiger charge is -2.59. The van der Waals surface area contributed by atoms with Gasteiger partial charge in [-0.3, -0.25) is 9.59 Å². The van der Waals surface area contributed by atoms with E-state index in [1.165, 1.54) is 12.1 Å². The minimum absolute atomic E-state index is 0.0483. The van der Waals surface area contributed by atoms with Crippen molar-refractivity contribution in [2.45, 2.75) is 64.7 Å². The van der Waals surface area contributed by atoms with E-state index in [9.17, 15) is 29.9 Å². The molecular formula is C23H31NO8. The highest BCUT2D eigenvalue weighted by atomic mass is 16.9. The van der Waals surface area contributed by atoms with Gasteiger partial charge in [-0.2, -0.15) is 0 Å². The van der Waals surface area contributed by atoms with Gasteiger partial charge in [0.1, 0.15) is 17.3 Å². The predicted octanol–water partition coefficient (Wildman–Crippen LogP) is 3.63. The normalized spacial score (nSPS) is 23.9. The van der Waals surface area contributed by atoms with Crippen molar-refractivity contribution in [3.8, 4) is 11.5 Å². The lowest BCUT2D eigenvalue weighted by Crippen LogP contribution is -2.56. The van der Waals surface area contributed by atoms with Gasteiger partial charge < -0.3 is 19.8 Å². The van der Waals surface area contributed by atoms with Crippen LogP contribution in [0.3, 0.4) is 0 Å². The van der Waals surface area contributed by atoms with Gasteiger partial charge in [0.2, 0.25) is 0 Å². The topological polar surface area (TPSA) is 136 Å². The largest absolute Gasteiger partial charge is 0.508 e. The number of benzene rings is 1. The smallest absolute Gasteiger partial charge is 0.315 e. The number of ketones is 1. The van der Waals surface area contributed by atoms with Crippen LogP contribution < -0.4 is 0 Å². The Labute approximate surface area is 186 Å². The molecule has 9 nitrogen and oxygen atoms in total. The van der Waals surface area contributed by atoms with Crippen molar-refractivity contribution < 1.29 is 34.5 Å². The molecule has 2 bridgehead atoms. The highest BCUT2D eigenvalue weighted by Crippen LogP contribution is 2.64. The van der Waals surface area contributed by atoms with Gasteiger partial charge in [-0.1, -0.05) is 13.8 Å². The monoisotopic (exact) mass is 449 g/mol. The van der Waals surface area contributed by atoms with Crippen molar-refractivity contribution >= 4 is 11.8 Å². The first-order valence-corrected chi connectivity index (χ1v) is 10.9. The van der Waals surface area contributed by atoms with Crippen LogP contribution in [0.1, 0.15) is 70.4 Å². The highest BCUT2D eigenvalue weighted by molar-refractivity contribution is 5.86. The van der Waals surface area contributed by atoms with Gasteiger partial charge in [-0.15, -0.1) is 10.1 Å². The second-order valence-corrected chi connectivity index (χ2v) is 9.95. The zero-order valence-electron chi connectivity index (χ0n) is 18.9. The van der Waals surface area contributed by atoms with E-state index >= 15 is 0 Å². The number of Topliss-reactive ketones (excluding diaryl/α,β-unsaturated/α-hetero) is 1. The minimum atomic E-state index is -1.14. The molecule has 0 saturated heterocycles. The number of phenolic OH excluding ortho intramolecular Hbond substituents is 2. The third-order valence-corrected chi connectivity index (χ3v) is 7.35. The van der Waals surface area contributed by atoms with E-state index in [1.54, 1.807) is 13.8 Å². The number of rotatable bonds is 9. The summed E-state index contributed by atoms with van der Waals surface area (Å²) in [5.74, 6) is -0.647.